The number of amides is 1. The van der Waals surface area contributed by atoms with E-state index in [9.17, 15) is 4.79 Å². The van der Waals surface area contributed by atoms with Crippen LogP contribution in [0.15, 0.2) is 28.8 Å². The lowest BCUT2D eigenvalue weighted by molar-refractivity contribution is 0.0934. The molecule has 1 unspecified atom stereocenters. The van der Waals surface area contributed by atoms with E-state index in [4.69, 9.17) is 4.52 Å². The maximum atomic E-state index is 12.5. The maximum absolute atomic E-state index is 12.5. The van der Waals surface area contributed by atoms with Gasteiger partial charge in [-0.3, -0.25) is 4.79 Å². The molecule has 3 rings (SSSR count). The number of hydrogen-bond acceptors (Lipinski definition) is 3. The molecule has 2 aromatic rings. The summed E-state index contributed by atoms with van der Waals surface area (Å²) in [6.07, 6.45) is 2.67. The second-order valence-electron chi connectivity index (χ2n) is 5.18. The Labute approximate surface area is 118 Å². The van der Waals surface area contributed by atoms with Gasteiger partial charge in [0.2, 0.25) is 0 Å². The van der Waals surface area contributed by atoms with Crippen LogP contribution in [0.25, 0.3) is 0 Å². The fourth-order valence-electron chi connectivity index (χ4n) is 2.89. The first-order chi connectivity index (χ1) is 9.70. The van der Waals surface area contributed by atoms with Crippen molar-refractivity contribution in [3.8, 4) is 0 Å². The predicted octanol–water partition coefficient (Wildman–Crippen LogP) is 2.96. The Morgan fingerprint density at radius 1 is 1.45 bits per heavy atom. The number of fused-ring (bicyclic) bond motifs is 1. The molecule has 1 aromatic heterocycles. The Balaban J connectivity index is 1.82. The van der Waals surface area contributed by atoms with Crippen molar-refractivity contribution in [3.05, 3.63) is 52.4 Å². The van der Waals surface area contributed by atoms with Crippen molar-refractivity contribution >= 4 is 5.91 Å². The van der Waals surface area contributed by atoms with Gasteiger partial charge in [-0.05, 0) is 37.3 Å². The maximum Gasteiger partial charge on any atom is 0.257 e. The molecule has 1 N–H and O–H groups in total. The summed E-state index contributed by atoms with van der Waals surface area (Å²) in [5, 5.41) is 7.05. The van der Waals surface area contributed by atoms with Crippen molar-refractivity contribution in [3.63, 3.8) is 0 Å². The molecule has 1 heterocycles. The van der Waals surface area contributed by atoms with E-state index in [0.29, 0.717) is 17.7 Å². The number of carbonyl (C=O) groups excluding carboxylic acids is 1. The van der Waals surface area contributed by atoms with Gasteiger partial charge >= 0.3 is 0 Å². The van der Waals surface area contributed by atoms with Crippen LogP contribution in [-0.2, 0) is 12.8 Å². The number of nitrogens with zero attached hydrogens (tertiary/aromatic N) is 1. The van der Waals surface area contributed by atoms with Crippen molar-refractivity contribution in [1.29, 1.82) is 0 Å². The van der Waals surface area contributed by atoms with Gasteiger partial charge in [0.1, 0.15) is 11.3 Å². The molecule has 0 saturated carbocycles. The molecule has 4 nitrogen and oxygen atoms in total. The average Bonchev–Trinajstić information content (AvgIpc) is 3.03. The molecule has 1 amide bonds. The van der Waals surface area contributed by atoms with Gasteiger partial charge in [-0.25, -0.2) is 0 Å². The number of nitrogens with one attached hydrogen (secondary N) is 1. The highest BCUT2D eigenvalue weighted by Gasteiger charge is 2.26. The SMILES string of the molecule is CCc1noc(C)c1C(=O)NC1CCc2ccccc21. The van der Waals surface area contributed by atoms with Gasteiger partial charge in [-0.2, -0.15) is 0 Å². The van der Waals surface area contributed by atoms with E-state index >= 15 is 0 Å². The van der Waals surface area contributed by atoms with E-state index in [1.54, 1.807) is 6.92 Å². The van der Waals surface area contributed by atoms with Gasteiger partial charge in [0.25, 0.3) is 5.91 Å². The summed E-state index contributed by atoms with van der Waals surface area (Å²) in [7, 11) is 0. The summed E-state index contributed by atoms with van der Waals surface area (Å²) in [4.78, 5) is 12.5. The Morgan fingerprint density at radius 2 is 2.25 bits per heavy atom. The third-order valence-electron chi connectivity index (χ3n) is 3.93. The number of benzene rings is 1. The minimum absolute atomic E-state index is 0.0812. The predicted molar refractivity (Wildman–Crippen MR) is 75.6 cm³/mol. The van der Waals surface area contributed by atoms with Gasteiger partial charge in [-0.15, -0.1) is 0 Å². The first kappa shape index (κ1) is 12.9. The number of hydrogen-bond donors (Lipinski definition) is 1. The fourth-order valence-corrected chi connectivity index (χ4v) is 2.89. The van der Waals surface area contributed by atoms with E-state index < -0.39 is 0 Å². The van der Waals surface area contributed by atoms with E-state index in [0.717, 1.165) is 18.5 Å². The van der Waals surface area contributed by atoms with Crippen molar-refractivity contribution in [2.24, 2.45) is 0 Å². The molecule has 0 saturated heterocycles. The molecule has 1 aliphatic carbocycles. The third-order valence-corrected chi connectivity index (χ3v) is 3.93. The number of aryl methyl sites for hydroxylation is 3. The molecular weight excluding hydrogens is 252 g/mol. The lowest BCUT2D eigenvalue weighted by Crippen LogP contribution is -2.28. The summed E-state index contributed by atoms with van der Waals surface area (Å²) in [5.74, 6) is 0.507. The molecule has 0 bridgehead atoms. The molecule has 1 atom stereocenters. The molecule has 0 fully saturated rings. The molecular formula is C16H18N2O2. The quantitative estimate of drug-likeness (QED) is 0.933. The van der Waals surface area contributed by atoms with Crippen LogP contribution in [0.2, 0.25) is 0 Å². The summed E-state index contributed by atoms with van der Waals surface area (Å²) < 4.78 is 5.13. The third kappa shape index (κ3) is 2.11. The Hall–Kier alpha value is -2.10. The number of aromatic nitrogens is 1. The first-order valence-electron chi connectivity index (χ1n) is 7.04. The Morgan fingerprint density at radius 3 is 3.05 bits per heavy atom. The Bertz CT molecular complexity index is 646. The zero-order valence-corrected chi connectivity index (χ0v) is 11.8. The van der Waals surface area contributed by atoms with Crippen LogP contribution in [0.5, 0.6) is 0 Å². The first-order valence-corrected chi connectivity index (χ1v) is 7.04. The standard InChI is InChI=1S/C16H18N2O2/c1-3-13-15(10(2)20-18-13)16(19)17-14-9-8-11-6-4-5-7-12(11)14/h4-7,14H,3,8-9H2,1-2H3,(H,17,19). The molecule has 1 aromatic carbocycles. The van der Waals surface area contributed by atoms with Crippen LogP contribution in [0.3, 0.4) is 0 Å². The molecule has 20 heavy (non-hydrogen) atoms. The second kappa shape index (κ2) is 5.12. The zero-order chi connectivity index (χ0) is 14.1. The highest BCUT2D eigenvalue weighted by molar-refractivity contribution is 5.96. The summed E-state index contributed by atoms with van der Waals surface area (Å²) in [6, 6.07) is 8.38. The molecule has 104 valence electrons. The highest BCUT2D eigenvalue weighted by Crippen LogP contribution is 2.31. The van der Waals surface area contributed by atoms with Gasteiger partial charge in [-0.1, -0.05) is 36.3 Å². The van der Waals surface area contributed by atoms with Gasteiger partial charge < -0.3 is 9.84 Å². The molecule has 0 aliphatic heterocycles. The summed E-state index contributed by atoms with van der Waals surface area (Å²) in [5.41, 5.74) is 3.88. The van der Waals surface area contributed by atoms with Gasteiger partial charge in [0.05, 0.1) is 11.7 Å². The van der Waals surface area contributed by atoms with Crippen LogP contribution in [-0.4, -0.2) is 11.1 Å². The minimum Gasteiger partial charge on any atom is -0.361 e. The fraction of sp³-hybridized carbons (Fsp3) is 0.375. The van der Waals surface area contributed by atoms with Crippen molar-refractivity contribution < 1.29 is 9.32 Å². The topological polar surface area (TPSA) is 55.1 Å². The molecule has 0 spiro atoms. The molecule has 1 aliphatic rings. The van der Waals surface area contributed by atoms with Crippen LogP contribution in [0.4, 0.5) is 0 Å². The van der Waals surface area contributed by atoms with Gasteiger partial charge in [0, 0.05) is 0 Å². The monoisotopic (exact) mass is 270 g/mol. The van der Waals surface area contributed by atoms with Crippen molar-refractivity contribution in [2.45, 2.75) is 39.2 Å². The molecule has 4 heteroatoms. The smallest absolute Gasteiger partial charge is 0.257 e. The van der Waals surface area contributed by atoms with E-state index in [1.165, 1.54) is 11.1 Å². The average molecular weight is 270 g/mol. The van der Waals surface area contributed by atoms with Crippen LogP contribution >= 0.6 is 0 Å². The highest BCUT2D eigenvalue weighted by atomic mass is 16.5. The largest absolute Gasteiger partial charge is 0.361 e. The van der Waals surface area contributed by atoms with Crippen molar-refractivity contribution in [2.75, 3.05) is 0 Å². The zero-order valence-electron chi connectivity index (χ0n) is 11.8. The van der Waals surface area contributed by atoms with Crippen LogP contribution in [0, 0.1) is 6.92 Å². The lowest BCUT2D eigenvalue weighted by atomic mass is 10.1. The van der Waals surface area contributed by atoms with Gasteiger partial charge in [0.15, 0.2) is 0 Å². The Kier molecular flexibility index (Phi) is 3.30. The normalized spacial score (nSPS) is 17.0. The minimum atomic E-state index is -0.0812. The number of carbonyl (C=O) groups is 1. The van der Waals surface area contributed by atoms with Crippen LogP contribution < -0.4 is 5.32 Å². The lowest BCUT2D eigenvalue weighted by Gasteiger charge is -2.14. The van der Waals surface area contributed by atoms with Crippen LogP contribution in [0.1, 0.15) is 52.3 Å². The summed E-state index contributed by atoms with van der Waals surface area (Å²) in [6.45, 7) is 3.75. The van der Waals surface area contributed by atoms with E-state index in [-0.39, 0.29) is 11.9 Å². The van der Waals surface area contributed by atoms with Crippen molar-refractivity contribution in [1.82, 2.24) is 10.5 Å². The second-order valence-corrected chi connectivity index (χ2v) is 5.18. The number of rotatable bonds is 3. The van der Waals surface area contributed by atoms with E-state index in [2.05, 4.69) is 22.6 Å². The summed E-state index contributed by atoms with van der Waals surface area (Å²) >= 11 is 0. The molecule has 0 radical (unpaired) electrons. The van der Waals surface area contributed by atoms with E-state index in [1.807, 2.05) is 19.1 Å².